The van der Waals surface area contributed by atoms with E-state index >= 15 is 0 Å². The molecule has 0 spiro atoms. The second-order valence-electron chi connectivity index (χ2n) is 5.38. The molecule has 3 aromatic rings. The Bertz CT molecular complexity index is 660. The van der Waals surface area contributed by atoms with Gasteiger partial charge in [0.15, 0.2) is 0 Å². The average Bonchev–Trinajstić information content (AvgIpc) is 2.62. The first-order valence-corrected chi connectivity index (χ1v) is 7.49. The van der Waals surface area contributed by atoms with E-state index in [1.807, 2.05) is 0 Å². The fourth-order valence-corrected chi connectivity index (χ4v) is 2.52. The van der Waals surface area contributed by atoms with Crippen LogP contribution in [-0.2, 0) is 13.1 Å². The summed E-state index contributed by atoms with van der Waals surface area (Å²) < 4.78 is 0. The number of hydrogen-bond donors (Lipinski definition) is 2. The molecule has 4 N–H and O–H groups in total. The third-order valence-electron chi connectivity index (χ3n) is 3.93. The first-order chi connectivity index (χ1) is 10.8. The van der Waals surface area contributed by atoms with Crippen molar-refractivity contribution in [3.05, 3.63) is 83.9 Å². The SMILES string of the molecule is NCc1ccc(-c2ccc(-c3ccc(CN)cc3)cc2)cc1. The molecule has 0 unspecified atom stereocenters. The van der Waals surface area contributed by atoms with Crippen LogP contribution in [0.15, 0.2) is 72.8 Å². The maximum absolute atomic E-state index is 5.64. The van der Waals surface area contributed by atoms with Crippen LogP contribution >= 0.6 is 0 Å². The number of nitrogens with two attached hydrogens (primary N) is 2. The fraction of sp³-hybridized carbons (Fsp3) is 0.100. The zero-order chi connectivity index (χ0) is 15.4. The number of hydrogen-bond acceptors (Lipinski definition) is 2. The third kappa shape index (κ3) is 3.08. The van der Waals surface area contributed by atoms with Gasteiger partial charge in [-0.15, -0.1) is 0 Å². The summed E-state index contributed by atoms with van der Waals surface area (Å²) in [5.41, 5.74) is 18.4. The highest BCUT2D eigenvalue weighted by Gasteiger charge is 2.01. The first-order valence-electron chi connectivity index (χ1n) is 7.49. The molecule has 0 aliphatic carbocycles. The molecule has 0 aromatic heterocycles. The lowest BCUT2D eigenvalue weighted by molar-refractivity contribution is 1.07. The van der Waals surface area contributed by atoms with E-state index in [9.17, 15) is 0 Å². The predicted octanol–water partition coefficient (Wildman–Crippen LogP) is 3.94. The van der Waals surface area contributed by atoms with Crippen molar-refractivity contribution in [3.8, 4) is 22.3 Å². The number of benzene rings is 3. The normalized spacial score (nSPS) is 10.6. The van der Waals surface area contributed by atoms with Gasteiger partial charge in [-0.3, -0.25) is 0 Å². The van der Waals surface area contributed by atoms with Gasteiger partial charge in [-0.05, 0) is 33.4 Å². The Morgan fingerprint density at radius 1 is 0.409 bits per heavy atom. The van der Waals surface area contributed by atoms with Gasteiger partial charge in [0.05, 0.1) is 0 Å². The molecule has 0 aliphatic heterocycles. The zero-order valence-electron chi connectivity index (χ0n) is 12.5. The molecule has 0 bridgehead atoms. The molecule has 3 aromatic carbocycles. The average molecular weight is 288 g/mol. The Hall–Kier alpha value is -2.42. The molecular formula is C20H20N2. The van der Waals surface area contributed by atoms with Gasteiger partial charge < -0.3 is 11.5 Å². The Morgan fingerprint density at radius 3 is 0.864 bits per heavy atom. The second-order valence-corrected chi connectivity index (χ2v) is 5.38. The second kappa shape index (κ2) is 6.56. The molecule has 0 heterocycles. The van der Waals surface area contributed by atoms with E-state index in [4.69, 9.17) is 11.5 Å². The molecule has 22 heavy (non-hydrogen) atoms. The maximum atomic E-state index is 5.64. The highest BCUT2D eigenvalue weighted by Crippen LogP contribution is 2.25. The molecule has 2 nitrogen and oxygen atoms in total. The lowest BCUT2D eigenvalue weighted by Gasteiger charge is -2.06. The van der Waals surface area contributed by atoms with E-state index in [0.29, 0.717) is 13.1 Å². The van der Waals surface area contributed by atoms with Crippen LogP contribution in [0.2, 0.25) is 0 Å². The zero-order valence-corrected chi connectivity index (χ0v) is 12.5. The Balaban J connectivity index is 1.84. The van der Waals surface area contributed by atoms with Gasteiger partial charge in [0.1, 0.15) is 0 Å². The van der Waals surface area contributed by atoms with Gasteiger partial charge in [-0.1, -0.05) is 72.8 Å². The van der Waals surface area contributed by atoms with Crippen molar-refractivity contribution in [2.45, 2.75) is 13.1 Å². The lowest BCUT2D eigenvalue weighted by Crippen LogP contribution is -1.95. The molecule has 0 aliphatic rings. The summed E-state index contributed by atoms with van der Waals surface area (Å²) in [7, 11) is 0. The largest absolute Gasteiger partial charge is 0.326 e. The quantitative estimate of drug-likeness (QED) is 0.764. The van der Waals surface area contributed by atoms with Crippen molar-refractivity contribution in [3.63, 3.8) is 0 Å². The van der Waals surface area contributed by atoms with Gasteiger partial charge in [0, 0.05) is 13.1 Å². The predicted molar refractivity (Wildman–Crippen MR) is 93.1 cm³/mol. The standard InChI is InChI=1S/C20H20N2/c21-13-15-1-5-17(6-2-15)19-9-11-20(12-10-19)18-7-3-16(14-22)4-8-18/h1-12H,13-14,21-22H2. The molecule has 2 heteroatoms. The first kappa shape index (κ1) is 14.5. The van der Waals surface area contributed by atoms with Gasteiger partial charge in [-0.2, -0.15) is 0 Å². The van der Waals surface area contributed by atoms with Gasteiger partial charge in [0.2, 0.25) is 0 Å². The monoisotopic (exact) mass is 288 g/mol. The van der Waals surface area contributed by atoms with Gasteiger partial charge >= 0.3 is 0 Å². The summed E-state index contributed by atoms with van der Waals surface area (Å²) in [4.78, 5) is 0. The van der Waals surface area contributed by atoms with Crippen LogP contribution in [0.4, 0.5) is 0 Å². The highest BCUT2D eigenvalue weighted by molar-refractivity contribution is 5.70. The molecule has 0 atom stereocenters. The van der Waals surface area contributed by atoms with Crippen LogP contribution < -0.4 is 11.5 Å². The van der Waals surface area contributed by atoms with Crippen molar-refractivity contribution in [1.29, 1.82) is 0 Å². The van der Waals surface area contributed by atoms with Crippen molar-refractivity contribution in [2.75, 3.05) is 0 Å². The van der Waals surface area contributed by atoms with E-state index < -0.39 is 0 Å². The maximum Gasteiger partial charge on any atom is 0.0178 e. The molecule has 0 fully saturated rings. The van der Waals surface area contributed by atoms with Crippen molar-refractivity contribution in [1.82, 2.24) is 0 Å². The van der Waals surface area contributed by atoms with Crippen LogP contribution in [0.25, 0.3) is 22.3 Å². The lowest BCUT2D eigenvalue weighted by atomic mass is 9.99. The minimum Gasteiger partial charge on any atom is -0.326 e. The summed E-state index contributed by atoms with van der Waals surface area (Å²) in [6.07, 6.45) is 0. The Kier molecular flexibility index (Phi) is 4.33. The van der Waals surface area contributed by atoms with E-state index in [0.717, 1.165) is 11.1 Å². The fourth-order valence-electron chi connectivity index (χ4n) is 2.52. The van der Waals surface area contributed by atoms with E-state index in [1.165, 1.54) is 22.3 Å². The molecule has 3 rings (SSSR count). The summed E-state index contributed by atoms with van der Waals surface area (Å²) in [5.74, 6) is 0. The summed E-state index contributed by atoms with van der Waals surface area (Å²) in [6, 6.07) is 25.4. The van der Waals surface area contributed by atoms with Crippen LogP contribution in [0.1, 0.15) is 11.1 Å². The molecular weight excluding hydrogens is 268 g/mol. The van der Waals surface area contributed by atoms with Crippen molar-refractivity contribution >= 4 is 0 Å². The minimum absolute atomic E-state index is 0.581. The molecule has 0 amide bonds. The topological polar surface area (TPSA) is 52.0 Å². The van der Waals surface area contributed by atoms with E-state index in [1.54, 1.807) is 0 Å². The summed E-state index contributed by atoms with van der Waals surface area (Å²) in [5, 5.41) is 0. The van der Waals surface area contributed by atoms with Crippen LogP contribution in [-0.4, -0.2) is 0 Å². The van der Waals surface area contributed by atoms with Crippen molar-refractivity contribution < 1.29 is 0 Å². The van der Waals surface area contributed by atoms with Crippen LogP contribution in [0.5, 0.6) is 0 Å². The minimum atomic E-state index is 0.581. The smallest absolute Gasteiger partial charge is 0.0178 e. The summed E-state index contributed by atoms with van der Waals surface area (Å²) >= 11 is 0. The Labute approximate surface area is 131 Å². The Morgan fingerprint density at radius 2 is 0.636 bits per heavy atom. The van der Waals surface area contributed by atoms with Gasteiger partial charge in [0.25, 0.3) is 0 Å². The summed E-state index contributed by atoms with van der Waals surface area (Å²) in [6.45, 7) is 1.16. The molecule has 110 valence electrons. The van der Waals surface area contributed by atoms with Crippen LogP contribution in [0.3, 0.4) is 0 Å². The molecule has 0 radical (unpaired) electrons. The van der Waals surface area contributed by atoms with Crippen molar-refractivity contribution in [2.24, 2.45) is 11.5 Å². The van der Waals surface area contributed by atoms with E-state index in [2.05, 4.69) is 72.8 Å². The molecule has 0 saturated heterocycles. The van der Waals surface area contributed by atoms with Gasteiger partial charge in [-0.25, -0.2) is 0 Å². The third-order valence-corrected chi connectivity index (χ3v) is 3.93. The number of rotatable bonds is 4. The molecule has 0 saturated carbocycles. The van der Waals surface area contributed by atoms with Crippen LogP contribution in [0, 0.1) is 0 Å². The van der Waals surface area contributed by atoms with E-state index in [-0.39, 0.29) is 0 Å². The highest BCUT2D eigenvalue weighted by atomic mass is 14.5.